The topological polar surface area (TPSA) is 58.6 Å². The van der Waals surface area contributed by atoms with Crippen LogP contribution in [0.2, 0.25) is 0 Å². The third-order valence-corrected chi connectivity index (χ3v) is 4.31. The van der Waals surface area contributed by atoms with Gasteiger partial charge in [0.1, 0.15) is 18.5 Å². The van der Waals surface area contributed by atoms with E-state index in [2.05, 4.69) is 5.32 Å². The summed E-state index contributed by atoms with van der Waals surface area (Å²) in [6, 6.07) is 25.0. The molecule has 0 spiro atoms. The van der Waals surface area contributed by atoms with Crippen molar-refractivity contribution in [1.29, 1.82) is 0 Å². The molecule has 0 fully saturated rings. The summed E-state index contributed by atoms with van der Waals surface area (Å²) in [5.41, 5.74) is 2.30. The van der Waals surface area contributed by atoms with Crippen molar-refractivity contribution in [2.24, 2.45) is 0 Å². The zero-order valence-electron chi connectivity index (χ0n) is 15.3. The summed E-state index contributed by atoms with van der Waals surface area (Å²) < 4.78 is 19.1. The molecule has 0 heterocycles. The Morgan fingerprint density at radius 1 is 0.893 bits per heavy atom. The molecule has 3 aromatic rings. The number of rotatable bonds is 8. The zero-order valence-corrected chi connectivity index (χ0v) is 15.3. The molecule has 28 heavy (non-hydrogen) atoms. The van der Waals surface area contributed by atoms with E-state index in [4.69, 9.17) is 4.74 Å². The van der Waals surface area contributed by atoms with Gasteiger partial charge in [0.2, 0.25) is 5.91 Å². The maximum absolute atomic E-state index is 13.2. The maximum atomic E-state index is 13.2. The van der Waals surface area contributed by atoms with Gasteiger partial charge >= 0.3 is 0 Å². The fourth-order valence-electron chi connectivity index (χ4n) is 2.89. The smallest absolute Gasteiger partial charge is 0.246 e. The molecule has 1 amide bonds. The summed E-state index contributed by atoms with van der Waals surface area (Å²) in [6.45, 7) is -0.183. The second-order valence-corrected chi connectivity index (χ2v) is 6.39. The third kappa shape index (κ3) is 5.49. The summed E-state index contributed by atoms with van der Waals surface area (Å²) in [7, 11) is 0. The standard InChI is InChI=1S/C23H22FNO3/c24-20-13-7-12-19(14-20)21(26)15-25-22(27)16-28-23(17-8-3-1-4-9-17)18-10-5-2-6-11-18/h1-14,21,23,26H,15-16H2,(H,25,27). The third-order valence-electron chi connectivity index (χ3n) is 4.31. The highest BCUT2D eigenvalue weighted by atomic mass is 19.1. The van der Waals surface area contributed by atoms with Gasteiger partial charge in [-0.3, -0.25) is 4.79 Å². The number of amides is 1. The lowest BCUT2D eigenvalue weighted by Crippen LogP contribution is -2.32. The number of carbonyl (C=O) groups is 1. The fraction of sp³-hybridized carbons (Fsp3) is 0.174. The van der Waals surface area contributed by atoms with Gasteiger partial charge < -0.3 is 15.2 Å². The minimum Gasteiger partial charge on any atom is -0.387 e. The summed E-state index contributed by atoms with van der Waals surface area (Å²) in [4.78, 5) is 12.2. The average molecular weight is 379 g/mol. The molecule has 0 aromatic heterocycles. The first-order valence-corrected chi connectivity index (χ1v) is 9.05. The molecule has 3 rings (SSSR count). The van der Waals surface area contributed by atoms with Crippen molar-refractivity contribution in [2.45, 2.75) is 12.2 Å². The Kier molecular flexibility index (Phi) is 6.89. The lowest BCUT2D eigenvalue weighted by Gasteiger charge is -2.19. The Morgan fingerprint density at radius 2 is 1.46 bits per heavy atom. The molecule has 0 aliphatic carbocycles. The van der Waals surface area contributed by atoms with Crippen LogP contribution in [0.3, 0.4) is 0 Å². The Labute approximate surface area is 163 Å². The quantitative estimate of drug-likeness (QED) is 0.626. The molecule has 0 saturated heterocycles. The number of aliphatic hydroxyl groups is 1. The van der Waals surface area contributed by atoms with Crippen molar-refractivity contribution in [3.05, 3.63) is 107 Å². The molecule has 0 bridgehead atoms. The monoisotopic (exact) mass is 379 g/mol. The van der Waals surface area contributed by atoms with E-state index < -0.39 is 11.9 Å². The first-order chi connectivity index (χ1) is 13.6. The number of aliphatic hydroxyl groups excluding tert-OH is 1. The van der Waals surface area contributed by atoms with E-state index in [1.807, 2.05) is 60.7 Å². The number of hydrogen-bond acceptors (Lipinski definition) is 3. The second kappa shape index (κ2) is 9.78. The SMILES string of the molecule is O=C(COC(c1ccccc1)c1ccccc1)NCC(O)c1cccc(F)c1. The maximum Gasteiger partial charge on any atom is 0.246 e. The highest BCUT2D eigenvalue weighted by Gasteiger charge is 2.17. The van der Waals surface area contributed by atoms with E-state index in [0.717, 1.165) is 11.1 Å². The molecule has 0 radical (unpaired) electrons. The molecule has 2 N–H and O–H groups in total. The number of nitrogens with one attached hydrogen (secondary N) is 1. The normalized spacial score (nSPS) is 12.0. The summed E-state index contributed by atoms with van der Waals surface area (Å²) in [5, 5.41) is 12.7. The molecular formula is C23H22FNO3. The van der Waals surface area contributed by atoms with Crippen LogP contribution in [-0.4, -0.2) is 24.2 Å². The van der Waals surface area contributed by atoms with Crippen molar-refractivity contribution in [2.75, 3.05) is 13.2 Å². The van der Waals surface area contributed by atoms with Crippen molar-refractivity contribution in [3.63, 3.8) is 0 Å². The van der Waals surface area contributed by atoms with Gasteiger partial charge in [0, 0.05) is 6.54 Å². The number of ether oxygens (including phenoxy) is 1. The lowest BCUT2D eigenvalue weighted by molar-refractivity contribution is -0.127. The van der Waals surface area contributed by atoms with Gasteiger partial charge in [-0.15, -0.1) is 0 Å². The highest BCUT2D eigenvalue weighted by Crippen LogP contribution is 2.25. The van der Waals surface area contributed by atoms with E-state index in [-0.39, 0.29) is 25.2 Å². The molecule has 3 aromatic carbocycles. The zero-order chi connectivity index (χ0) is 19.8. The minimum atomic E-state index is -0.987. The van der Waals surface area contributed by atoms with Crippen molar-refractivity contribution in [3.8, 4) is 0 Å². The average Bonchev–Trinajstić information content (AvgIpc) is 2.73. The molecule has 1 atom stereocenters. The number of halogens is 1. The van der Waals surface area contributed by atoms with E-state index in [9.17, 15) is 14.3 Å². The number of carbonyl (C=O) groups excluding carboxylic acids is 1. The summed E-state index contributed by atoms with van der Waals surface area (Å²) >= 11 is 0. The molecule has 4 nitrogen and oxygen atoms in total. The predicted molar refractivity (Wildman–Crippen MR) is 105 cm³/mol. The Hall–Kier alpha value is -3.02. The molecule has 5 heteroatoms. The van der Waals surface area contributed by atoms with Crippen LogP contribution in [-0.2, 0) is 9.53 Å². The van der Waals surface area contributed by atoms with Crippen LogP contribution in [0.25, 0.3) is 0 Å². The number of benzene rings is 3. The van der Waals surface area contributed by atoms with Gasteiger partial charge in [-0.2, -0.15) is 0 Å². The largest absolute Gasteiger partial charge is 0.387 e. The van der Waals surface area contributed by atoms with Crippen LogP contribution in [0.1, 0.15) is 28.9 Å². The molecular weight excluding hydrogens is 357 g/mol. The molecule has 1 unspecified atom stereocenters. The summed E-state index contributed by atoms with van der Waals surface area (Å²) in [5.74, 6) is -0.785. The van der Waals surface area contributed by atoms with E-state index in [1.54, 1.807) is 6.07 Å². The van der Waals surface area contributed by atoms with Crippen LogP contribution in [0.15, 0.2) is 84.9 Å². The van der Waals surface area contributed by atoms with Gasteiger partial charge in [-0.25, -0.2) is 4.39 Å². The van der Waals surface area contributed by atoms with Gasteiger partial charge in [-0.05, 0) is 28.8 Å². The van der Waals surface area contributed by atoms with Crippen LogP contribution < -0.4 is 5.32 Å². The Balaban J connectivity index is 1.58. The van der Waals surface area contributed by atoms with Gasteiger partial charge in [0.05, 0.1) is 6.10 Å². The molecule has 0 saturated carbocycles. The highest BCUT2D eigenvalue weighted by molar-refractivity contribution is 5.77. The van der Waals surface area contributed by atoms with E-state index in [1.165, 1.54) is 18.2 Å². The molecule has 144 valence electrons. The molecule has 0 aliphatic rings. The first-order valence-electron chi connectivity index (χ1n) is 9.05. The lowest BCUT2D eigenvalue weighted by atomic mass is 10.0. The fourth-order valence-corrected chi connectivity index (χ4v) is 2.89. The van der Waals surface area contributed by atoms with E-state index >= 15 is 0 Å². The van der Waals surface area contributed by atoms with Crippen LogP contribution in [0.4, 0.5) is 4.39 Å². The number of hydrogen-bond donors (Lipinski definition) is 2. The second-order valence-electron chi connectivity index (χ2n) is 6.39. The van der Waals surface area contributed by atoms with Crippen LogP contribution >= 0.6 is 0 Å². The van der Waals surface area contributed by atoms with Gasteiger partial charge in [-0.1, -0.05) is 72.8 Å². The van der Waals surface area contributed by atoms with Gasteiger partial charge in [0.25, 0.3) is 0 Å². The molecule has 0 aliphatic heterocycles. The minimum absolute atomic E-state index is 0.0208. The van der Waals surface area contributed by atoms with Crippen molar-refractivity contribution < 1.29 is 19.0 Å². The van der Waals surface area contributed by atoms with Crippen LogP contribution in [0.5, 0.6) is 0 Å². The van der Waals surface area contributed by atoms with Crippen LogP contribution in [0, 0.1) is 5.82 Å². The van der Waals surface area contributed by atoms with E-state index in [0.29, 0.717) is 5.56 Å². The Bertz CT molecular complexity index is 847. The summed E-state index contributed by atoms with van der Waals surface area (Å²) in [6.07, 6.45) is -1.36. The van der Waals surface area contributed by atoms with Gasteiger partial charge in [0.15, 0.2) is 0 Å². The Morgan fingerprint density at radius 3 is 2.04 bits per heavy atom. The first kappa shape index (κ1) is 19.7. The van der Waals surface area contributed by atoms with Crippen molar-refractivity contribution in [1.82, 2.24) is 5.32 Å². The predicted octanol–water partition coefficient (Wildman–Crippen LogP) is 3.78. The van der Waals surface area contributed by atoms with Crippen molar-refractivity contribution >= 4 is 5.91 Å².